The second kappa shape index (κ2) is 6.68. The van der Waals surface area contributed by atoms with Crippen molar-refractivity contribution in [2.75, 3.05) is 5.73 Å². The van der Waals surface area contributed by atoms with E-state index >= 15 is 0 Å². The van der Waals surface area contributed by atoms with E-state index in [1.54, 1.807) is 11.6 Å². The molecule has 0 amide bonds. The minimum Gasteiger partial charge on any atom is -0.390 e. The Morgan fingerprint density at radius 3 is 2.53 bits per heavy atom. The van der Waals surface area contributed by atoms with Gasteiger partial charge in [-0.2, -0.15) is 10.4 Å². The zero-order valence-corrected chi connectivity index (χ0v) is 16.6. The molecule has 3 N–H and O–H groups in total. The first kappa shape index (κ1) is 18.3. The van der Waals surface area contributed by atoms with Crippen LogP contribution in [-0.2, 0) is 0 Å². The molecule has 4 aromatic rings. The van der Waals surface area contributed by atoms with Gasteiger partial charge in [-0.05, 0) is 31.9 Å². The summed E-state index contributed by atoms with van der Waals surface area (Å²) in [4.78, 5) is 4.82. The van der Waals surface area contributed by atoms with Crippen LogP contribution in [0.1, 0.15) is 31.4 Å². The first-order valence-corrected chi connectivity index (χ1v) is 9.92. The number of pyridine rings is 1. The van der Waals surface area contributed by atoms with E-state index in [-0.39, 0.29) is 6.04 Å². The molecule has 6 heteroatoms. The third-order valence-electron chi connectivity index (χ3n) is 5.79. The van der Waals surface area contributed by atoms with Crippen LogP contribution in [0.3, 0.4) is 0 Å². The van der Waals surface area contributed by atoms with Gasteiger partial charge in [-0.3, -0.25) is 0 Å². The summed E-state index contributed by atoms with van der Waals surface area (Å²) in [6, 6.07) is 22.1. The molecule has 1 fully saturated rings. The number of hydrogen-bond donors (Lipinski definition) is 2. The predicted octanol–water partition coefficient (Wildman–Crippen LogP) is 4.31. The van der Waals surface area contributed by atoms with E-state index in [4.69, 9.17) is 10.7 Å². The summed E-state index contributed by atoms with van der Waals surface area (Å²) in [6.45, 7) is 1.80. The smallest absolute Gasteiger partial charge is 0.140 e. The summed E-state index contributed by atoms with van der Waals surface area (Å²) in [5.74, 6) is 0.346. The monoisotopic (exact) mass is 395 g/mol. The van der Waals surface area contributed by atoms with Gasteiger partial charge in [-0.25, -0.2) is 9.67 Å². The van der Waals surface area contributed by atoms with E-state index in [0.717, 1.165) is 27.7 Å². The molecule has 0 radical (unpaired) electrons. The molecule has 2 aromatic heterocycles. The topological polar surface area (TPSA) is 101 Å². The van der Waals surface area contributed by atoms with Gasteiger partial charge in [-0.15, -0.1) is 0 Å². The average Bonchev–Trinajstić information content (AvgIpc) is 3.07. The molecule has 0 atom stereocenters. The molecule has 2 aromatic carbocycles. The average molecular weight is 395 g/mol. The van der Waals surface area contributed by atoms with Gasteiger partial charge in [0.25, 0.3) is 0 Å². The molecule has 6 nitrogen and oxygen atoms in total. The van der Waals surface area contributed by atoms with Crippen molar-refractivity contribution in [2.45, 2.75) is 31.4 Å². The molecule has 30 heavy (non-hydrogen) atoms. The van der Waals surface area contributed by atoms with Crippen molar-refractivity contribution < 1.29 is 5.11 Å². The summed E-state index contributed by atoms with van der Waals surface area (Å²) in [6.07, 6.45) is 1.14. The lowest BCUT2D eigenvalue weighted by Crippen LogP contribution is -2.42. The lowest BCUT2D eigenvalue weighted by Gasteiger charge is -2.41. The Hall–Kier alpha value is -3.69. The van der Waals surface area contributed by atoms with Crippen LogP contribution in [0.25, 0.3) is 33.4 Å². The number of nitrogens with two attached hydrogens (primary N) is 1. The highest BCUT2D eigenvalue weighted by molar-refractivity contribution is 5.87. The molecule has 0 aliphatic heterocycles. The number of nitrogens with zero attached hydrogens (tertiary/aromatic N) is 4. The van der Waals surface area contributed by atoms with E-state index in [2.05, 4.69) is 11.2 Å². The number of benzene rings is 2. The van der Waals surface area contributed by atoms with Crippen LogP contribution in [0.4, 0.5) is 5.82 Å². The van der Waals surface area contributed by atoms with Crippen LogP contribution in [0.15, 0.2) is 60.7 Å². The standard InChI is InChI=1S/C24H21N5O/c1-24(30)12-18(13-24)29-23(26)19(14-25)22(28-29)17-8-7-16-9-10-20(27-21(16)11-17)15-5-3-2-4-6-15/h2-11,18,30H,12-13,26H2,1H3/t18-,24-. The normalized spacial score (nSPS) is 20.6. The molecular weight excluding hydrogens is 374 g/mol. The maximum absolute atomic E-state index is 10.1. The molecular formula is C24H21N5O. The molecule has 148 valence electrons. The number of nitriles is 1. The van der Waals surface area contributed by atoms with Crippen LogP contribution in [0, 0.1) is 11.3 Å². The molecule has 0 bridgehead atoms. The van der Waals surface area contributed by atoms with Crippen LogP contribution < -0.4 is 5.73 Å². The fourth-order valence-corrected chi connectivity index (χ4v) is 4.20. The molecule has 0 unspecified atom stereocenters. The highest BCUT2D eigenvalue weighted by atomic mass is 16.3. The van der Waals surface area contributed by atoms with E-state index < -0.39 is 5.60 Å². The number of anilines is 1. The summed E-state index contributed by atoms with van der Waals surface area (Å²) in [5.41, 5.74) is 10.0. The van der Waals surface area contributed by atoms with Crippen LogP contribution in [0.2, 0.25) is 0 Å². The quantitative estimate of drug-likeness (QED) is 0.538. The number of hydrogen-bond acceptors (Lipinski definition) is 5. The molecule has 2 heterocycles. The maximum Gasteiger partial charge on any atom is 0.140 e. The van der Waals surface area contributed by atoms with Crippen LogP contribution in [0.5, 0.6) is 0 Å². The van der Waals surface area contributed by atoms with Gasteiger partial charge in [0.1, 0.15) is 23.1 Å². The molecule has 1 aliphatic rings. The van der Waals surface area contributed by atoms with E-state index in [1.807, 2.05) is 60.7 Å². The number of fused-ring (bicyclic) bond motifs is 1. The predicted molar refractivity (Wildman–Crippen MR) is 116 cm³/mol. The molecule has 0 saturated heterocycles. The lowest BCUT2D eigenvalue weighted by atomic mass is 9.77. The Kier molecular flexibility index (Phi) is 4.09. The Labute approximate surface area is 174 Å². The van der Waals surface area contributed by atoms with E-state index in [9.17, 15) is 10.4 Å². The van der Waals surface area contributed by atoms with Crippen molar-refractivity contribution in [3.8, 4) is 28.6 Å². The van der Waals surface area contributed by atoms with Crippen molar-refractivity contribution >= 4 is 16.7 Å². The number of aromatic nitrogens is 3. The number of rotatable bonds is 3. The highest BCUT2D eigenvalue weighted by Gasteiger charge is 2.41. The minimum atomic E-state index is -0.698. The number of aliphatic hydroxyl groups is 1. The summed E-state index contributed by atoms with van der Waals surface area (Å²) < 4.78 is 1.68. The van der Waals surface area contributed by atoms with Gasteiger partial charge in [0.2, 0.25) is 0 Å². The molecule has 1 aliphatic carbocycles. The Morgan fingerprint density at radius 1 is 1.10 bits per heavy atom. The lowest BCUT2D eigenvalue weighted by molar-refractivity contribution is -0.0535. The second-order valence-corrected chi connectivity index (χ2v) is 8.19. The third-order valence-corrected chi connectivity index (χ3v) is 5.79. The van der Waals surface area contributed by atoms with Crippen molar-refractivity contribution in [1.29, 1.82) is 5.26 Å². The largest absolute Gasteiger partial charge is 0.390 e. The van der Waals surface area contributed by atoms with Crippen LogP contribution >= 0.6 is 0 Å². The van der Waals surface area contributed by atoms with Gasteiger partial charge >= 0.3 is 0 Å². The summed E-state index contributed by atoms with van der Waals surface area (Å²) in [5, 5.41) is 25.4. The van der Waals surface area contributed by atoms with Gasteiger partial charge < -0.3 is 10.8 Å². The minimum absolute atomic E-state index is 0.00381. The Balaban J connectivity index is 1.58. The van der Waals surface area contributed by atoms with Gasteiger partial charge in [0, 0.05) is 16.5 Å². The highest BCUT2D eigenvalue weighted by Crippen LogP contribution is 2.43. The Bertz CT molecular complexity index is 1290. The second-order valence-electron chi connectivity index (χ2n) is 8.19. The molecule has 0 spiro atoms. The van der Waals surface area contributed by atoms with Crippen LogP contribution in [-0.4, -0.2) is 25.5 Å². The van der Waals surface area contributed by atoms with Crippen molar-refractivity contribution in [1.82, 2.24) is 14.8 Å². The fourth-order valence-electron chi connectivity index (χ4n) is 4.20. The van der Waals surface area contributed by atoms with Crippen molar-refractivity contribution in [3.05, 3.63) is 66.2 Å². The summed E-state index contributed by atoms with van der Waals surface area (Å²) >= 11 is 0. The van der Waals surface area contributed by atoms with Crippen molar-refractivity contribution in [2.24, 2.45) is 0 Å². The molecule has 1 saturated carbocycles. The van der Waals surface area contributed by atoms with Gasteiger partial charge in [-0.1, -0.05) is 48.5 Å². The first-order chi connectivity index (χ1) is 14.4. The Morgan fingerprint density at radius 2 is 1.83 bits per heavy atom. The fraction of sp³-hybridized carbons (Fsp3) is 0.208. The maximum atomic E-state index is 10.1. The zero-order chi connectivity index (χ0) is 20.9. The van der Waals surface area contributed by atoms with E-state index in [0.29, 0.717) is 29.9 Å². The molecule has 5 rings (SSSR count). The SMILES string of the molecule is C[C@]1(O)C[C@H](n2nc(-c3ccc4ccc(-c5ccccc5)nc4c3)c(C#N)c2N)C1. The van der Waals surface area contributed by atoms with Gasteiger partial charge in [0.05, 0.1) is 22.9 Å². The third kappa shape index (κ3) is 3.00. The van der Waals surface area contributed by atoms with Crippen molar-refractivity contribution in [3.63, 3.8) is 0 Å². The summed E-state index contributed by atoms with van der Waals surface area (Å²) in [7, 11) is 0. The van der Waals surface area contributed by atoms with E-state index in [1.165, 1.54) is 0 Å². The van der Waals surface area contributed by atoms with Gasteiger partial charge in [0.15, 0.2) is 0 Å². The number of nitrogen functional groups attached to an aromatic ring is 1. The zero-order valence-electron chi connectivity index (χ0n) is 16.6. The first-order valence-electron chi connectivity index (χ1n) is 9.92.